The number of nitrogens with zero attached hydrogens (tertiary/aromatic N) is 3. The van der Waals surface area contributed by atoms with Gasteiger partial charge in [0.2, 0.25) is 6.79 Å². The van der Waals surface area contributed by atoms with Crippen molar-refractivity contribution in [3.63, 3.8) is 0 Å². The molecule has 6 nitrogen and oxygen atoms in total. The van der Waals surface area contributed by atoms with E-state index in [4.69, 9.17) is 14.2 Å². The molecule has 0 fully saturated rings. The second-order valence-corrected chi connectivity index (χ2v) is 6.27. The summed E-state index contributed by atoms with van der Waals surface area (Å²) in [5.74, 6) is 1.67. The summed E-state index contributed by atoms with van der Waals surface area (Å²) in [4.78, 5) is 7.02. The Labute approximate surface area is 142 Å². The first-order valence-corrected chi connectivity index (χ1v) is 8.46. The van der Waals surface area contributed by atoms with E-state index in [2.05, 4.69) is 33.6 Å². The van der Waals surface area contributed by atoms with Crippen LogP contribution in [0.5, 0.6) is 11.5 Å². The number of benzene rings is 1. The van der Waals surface area contributed by atoms with Crippen molar-refractivity contribution in [2.24, 2.45) is 7.05 Å². The normalized spacial score (nSPS) is 19.5. The van der Waals surface area contributed by atoms with Gasteiger partial charge in [-0.25, -0.2) is 4.98 Å². The van der Waals surface area contributed by atoms with E-state index in [1.807, 2.05) is 19.3 Å². The lowest BCUT2D eigenvalue weighted by Gasteiger charge is -2.35. The molecule has 0 saturated heterocycles. The van der Waals surface area contributed by atoms with Gasteiger partial charge in [-0.1, -0.05) is 6.07 Å². The van der Waals surface area contributed by atoms with Crippen molar-refractivity contribution < 1.29 is 14.2 Å². The number of imidazole rings is 1. The van der Waals surface area contributed by atoms with Crippen molar-refractivity contribution >= 4 is 0 Å². The molecule has 0 saturated carbocycles. The zero-order valence-corrected chi connectivity index (χ0v) is 14.2. The van der Waals surface area contributed by atoms with Gasteiger partial charge in [0.05, 0.1) is 30.4 Å². The predicted molar refractivity (Wildman–Crippen MR) is 89.1 cm³/mol. The van der Waals surface area contributed by atoms with Gasteiger partial charge in [0.25, 0.3) is 0 Å². The predicted octanol–water partition coefficient (Wildman–Crippen LogP) is 2.28. The Balaban J connectivity index is 1.58. The fraction of sp³-hybridized carbons (Fsp3) is 0.500. The molecule has 1 atom stereocenters. The van der Waals surface area contributed by atoms with E-state index in [1.165, 1.54) is 17.0 Å². The van der Waals surface area contributed by atoms with Crippen LogP contribution in [0.4, 0.5) is 0 Å². The van der Waals surface area contributed by atoms with Gasteiger partial charge in [-0.3, -0.25) is 4.90 Å². The molecular formula is C18H23N3O3. The summed E-state index contributed by atoms with van der Waals surface area (Å²) in [6, 6.07) is 6.42. The molecule has 24 heavy (non-hydrogen) atoms. The average molecular weight is 329 g/mol. The van der Waals surface area contributed by atoms with Crippen molar-refractivity contribution in [1.82, 2.24) is 14.5 Å². The lowest BCUT2D eigenvalue weighted by Crippen LogP contribution is -2.38. The van der Waals surface area contributed by atoms with Crippen LogP contribution in [0, 0.1) is 0 Å². The Morgan fingerprint density at radius 2 is 2.17 bits per heavy atom. The molecule has 0 spiro atoms. The largest absolute Gasteiger partial charge is 0.454 e. The van der Waals surface area contributed by atoms with Crippen LogP contribution in [0.15, 0.2) is 24.5 Å². The minimum Gasteiger partial charge on any atom is -0.454 e. The van der Waals surface area contributed by atoms with E-state index in [0.29, 0.717) is 13.4 Å². The van der Waals surface area contributed by atoms with E-state index in [9.17, 15) is 0 Å². The SMILES string of the molecule is CCOC[C@@H]1c2c(ncn2C)CCN1Cc1ccc2c(c1)OCO2. The lowest BCUT2D eigenvalue weighted by molar-refractivity contribution is 0.0519. The molecule has 6 heteroatoms. The van der Waals surface area contributed by atoms with Crippen LogP contribution < -0.4 is 9.47 Å². The summed E-state index contributed by atoms with van der Waals surface area (Å²) in [6.07, 6.45) is 2.89. The number of fused-ring (bicyclic) bond motifs is 2. The summed E-state index contributed by atoms with van der Waals surface area (Å²) in [6.45, 7) is 5.60. The molecule has 1 aromatic heterocycles. The van der Waals surface area contributed by atoms with Crippen molar-refractivity contribution in [1.29, 1.82) is 0 Å². The molecule has 0 radical (unpaired) electrons. The molecule has 2 aromatic rings. The van der Waals surface area contributed by atoms with Gasteiger partial charge in [0, 0.05) is 33.2 Å². The Hall–Kier alpha value is -2.05. The van der Waals surface area contributed by atoms with Crippen LogP contribution in [-0.2, 0) is 24.8 Å². The van der Waals surface area contributed by atoms with E-state index in [0.717, 1.165) is 37.6 Å². The van der Waals surface area contributed by atoms with Gasteiger partial charge >= 0.3 is 0 Å². The quantitative estimate of drug-likeness (QED) is 0.842. The van der Waals surface area contributed by atoms with Crippen molar-refractivity contribution in [2.75, 3.05) is 26.6 Å². The molecule has 0 amide bonds. The fourth-order valence-corrected chi connectivity index (χ4v) is 3.56. The highest BCUT2D eigenvalue weighted by Gasteiger charge is 2.31. The van der Waals surface area contributed by atoms with Gasteiger partial charge < -0.3 is 18.8 Å². The molecule has 2 aliphatic rings. The number of hydrogen-bond acceptors (Lipinski definition) is 5. The van der Waals surface area contributed by atoms with E-state index >= 15 is 0 Å². The zero-order chi connectivity index (χ0) is 16.5. The lowest BCUT2D eigenvalue weighted by atomic mass is 10.0. The molecule has 0 unspecified atom stereocenters. The third-order valence-electron chi connectivity index (χ3n) is 4.76. The summed E-state index contributed by atoms with van der Waals surface area (Å²) < 4.78 is 18.8. The van der Waals surface area contributed by atoms with Gasteiger partial charge in [-0.15, -0.1) is 0 Å². The Kier molecular flexibility index (Phi) is 4.16. The molecular weight excluding hydrogens is 306 g/mol. The highest BCUT2D eigenvalue weighted by atomic mass is 16.7. The van der Waals surface area contributed by atoms with Crippen molar-refractivity contribution in [3.05, 3.63) is 41.5 Å². The fourth-order valence-electron chi connectivity index (χ4n) is 3.56. The van der Waals surface area contributed by atoms with Crippen LogP contribution in [0.1, 0.15) is 29.9 Å². The van der Waals surface area contributed by atoms with Crippen molar-refractivity contribution in [2.45, 2.75) is 25.9 Å². The number of hydrogen-bond donors (Lipinski definition) is 0. The molecule has 0 N–H and O–H groups in total. The summed E-state index contributed by atoms with van der Waals surface area (Å²) >= 11 is 0. The smallest absolute Gasteiger partial charge is 0.231 e. The second kappa shape index (κ2) is 6.45. The molecule has 1 aromatic carbocycles. The molecule has 0 aliphatic carbocycles. The monoisotopic (exact) mass is 329 g/mol. The summed E-state index contributed by atoms with van der Waals surface area (Å²) in [5, 5.41) is 0. The van der Waals surface area contributed by atoms with Crippen LogP contribution in [0.3, 0.4) is 0 Å². The minimum absolute atomic E-state index is 0.228. The van der Waals surface area contributed by atoms with Gasteiger partial charge in [0.15, 0.2) is 11.5 Å². The van der Waals surface area contributed by atoms with E-state index < -0.39 is 0 Å². The first-order valence-electron chi connectivity index (χ1n) is 8.46. The molecule has 128 valence electrons. The Bertz CT molecular complexity index is 728. The first-order chi connectivity index (χ1) is 11.8. The van der Waals surface area contributed by atoms with Crippen LogP contribution in [0.2, 0.25) is 0 Å². The standard InChI is InChI=1S/C18H23N3O3/c1-3-22-10-15-18-14(19-11-20(18)2)6-7-21(15)9-13-4-5-16-17(8-13)24-12-23-16/h4-5,8,11,15H,3,6-7,9-10,12H2,1-2H3/t15-/m1/s1. The molecule has 2 aliphatic heterocycles. The van der Waals surface area contributed by atoms with Crippen LogP contribution in [-0.4, -0.2) is 41.0 Å². The zero-order valence-electron chi connectivity index (χ0n) is 14.2. The summed E-state index contributed by atoms with van der Waals surface area (Å²) in [7, 11) is 2.06. The maximum atomic E-state index is 5.77. The van der Waals surface area contributed by atoms with Crippen LogP contribution in [0.25, 0.3) is 0 Å². The second-order valence-electron chi connectivity index (χ2n) is 6.27. The third-order valence-corrected chi connectivity index (χ3v) is 4.76. The van der Waals surface area contributed by atoms with E-state index in [1.54, 1.807) is 0 Å². The van der Waals surface area contributed by atoms with Crippen molar-refractivity contribution in [3.8, 4) is 11.5 Å². The summed E-state index contributed by atoms with van der Waals surface area (Å²) in [5.41, 5.74) is 3.70. The molecule has 0 bridgehead atoms. The van der Waals surface area contributed by atoms with Crippen LogP contribution >= 0.6 is 0 Å². The maximum absolute atomic E-state index is 5.77. The van der Waals surface area contributed by atoms with Gasteiger partial charge in [-0.2, -0.15) is 0 Å². The highest BCUT2D eigenvalue weighted by Crippen LogP contribution is 2.35. The first kappa shape index (κ1) is 15.5. The number of aryl methyl sites for hydroxylation is 1. The minimum atomic E-state index is 0.228. The number of ether oxygens (including phenoxy) is 3. The Morgan fingerprint density at radius 1 is 1.29 bits per heavy atom. The highest BCUT2D eigenvalue weighted by molar-refractivity contribution is 5.44. The van der Waals surface area contributed by atoms with Gasteiger partial charge in [0.1, 0.15) is 0 Å². The van der Waals surface area contributed by atoms with E-state index in [-0.39, 0.29) is 6.04 Å². The maximum Gasteiger partial charge on any atom is 0.231 e. The Morgan fingerprint density at radius 3 is 3.04 bits per heavy atom. The van der Waals surface area contributed by atoms with Gasteiger partial charge in [-0.05, 0) is 24.6 Å². The average Bonchev–Trinajstić information content (AvgIpc) is 3.20. The topological polar surface area (TPSA) is 48.8 Å². The number of aromatic nitrogens is 2. The number of rotatable bonds is 5. The molecule has 4 rings (SSSR count). The molecule has 3 heterocycles. The third kappa shape index (κ3) is 2.76.